The minimum absolute atomic E-state index is 0.193. The van der Waals surface area contributed by atoms with E-state index in [9.17, 15) is 4.79 Å². The average Bonchev–Trinajstić information content (AvgIpc) is 2.64. The monoisotopic (exact) mass is 318 g/mol. The first-order valence-electron chi connectivity index (χ1n) is 5.60. The van der Waals surface area contributed by atoms with Crippen LogP contribution in [0.1, 0.15) is 27.2 Å². The molecule has 0 bridgehead atoms. The summed E-state index contributed by atoms with van der Waals surface area (Å²) in [7, 11) is 0. The SMILES string of the molecule is Cc1oc(NC(=O)c2ccccc2Br)c(C#N)c1C. The van der Waals surface area contributed by atoms with Gasteiger partial charge in [0.05, 0.1) is 5.56 Å². The largest absolute Gasteiger partial charge is 0.444 e. The highest BCUT2D eigenvalue weighted by Crippen LogP contribution is 2.26. The molecule has 1 heterocycles. The Morgan fingerprint density at radius 3 is 2.68 bits per heavy atom. The Morgan fingerprint density at radius 1 is 1.37 bits per heavy atom. The van der Waals surface area contributed by atoms with Gasteiger partial charge in [-0.25, -0.2) is 0 Å². The van der Waals surface area contributed by atoms with E-state index in [1.807, 2.05) is 12.1 Å². The Balaban J connectivity index is 2.33. The molecule has 1 amide bonds. The van der Waals surface area contributed by atoms with E-state index in [2.05, 4.69) is 21.2 Å². The quantitative estimate of drug-likeness (QED) is 0.916. The molecule has 0 aliphatic heterocycles. The molecule has 4 nitrogen and oxygen atoms in total. The predicted octanol–water partition coefficient (Wildman–Crippen LogP) is 3.78. The summed E-state index contributed by atoms with van der Waals surface area (Å²) in [5.41, 5.74) is 1.58. The molecule has 0 saturated carbocycles. The van der Waals surface area contributed by atoms with Crippen LogP contribution < -0.4 is 5.32 Å². The summed E-state index contributed by atoms with van der Waals surface area (Å²) in [6, 6.07) is 9.09. The van der Waals surface area contributed by atoms with Gasteiger partial charge < -0.3 is 4.42 Å². The van der Waals surface area contributed by atoms with E-state index in [4.69, 9.17) is 9.68 Å². The second kappa shape index (κ2) is 5.29. The molecular weight excluding hydrogens is 308 g/mol. The smallest absolute Gasteiger partial charge is 0.259 e. The lowest BCUT2D eigenvalue weighted by Gasteiger charge is -2.04. The summed E-state index contributed by atoms with van der Waals surface area (Å²) in [6.07, 6.45) is 0. The summed E-state index contributed by atoms with van der Waals surface area (Å²) in [4.78, 5) is 12.1. The molecule has 0 fully saturated rings. The van der Waals surface area contributed by atoms with Crippen LogP contribution in [0.2, 0.25) is 0 Å². The van der Waals surface area contributed by atoms with Crippen molar-refractivity contribution in [1.29, 1.82) is 5.26 Å². The second-order valence-electron chi connectivity index (χ2n) is 4.03. The normalized spacial score (nSPS) is 10.0. The zero-order chi connectivity index (χ0) is 14.0. The molecule has 1 aromatic carbocycles. The fraction of sp³-hybridized carbons (Fsp3) is 0.143. The fourth-order valence-corrected chi connectivity index (χ4v) is 2.13. The Bertz CT molecular complexity index is 683. The van der Waals surface area contributed by atoms with E-state index in [-0.39, 0.29) is 11.8 Å². The van der Waals surface area contributed by atoms with Crippen LogP contribution in [0, 0.1) is 25.2 Å². The lowest BCUT2D eigenvalue weighted by atomic mass is 10.2. The van der Waals surface area contributed by atoms with Gasteiger partial charge in [-0.2, -0.15) is 5.26 Å². The standard InChI is InChI=1S/C14H11BrN2O2/c1-8-9(2)19-14(11(8)7-16)17-13(18)10-5-3-4-6-12(10)15/h3-6H,1-2H3,(H,17,18). The number of amides is 1. The molecule has 2 aromatic rings. The van der Waals surface area contributed by atoms with Crippen LogP contribution in [-0.4, -0.2) is 5.91 Å². The van der Waals surface area contributed by atoms with E-state index in [1.54, 1.807) is 32.0 Å². The van der Waals surface area contributed by atoms with E-state index in [0.29, 0.717) is 21.4 Å². The zero-order valence-corrected chi connectivity index (χ0v) is 12.0. The fourth-order valence-electron chi connectivity index (χ4n) is 1.67. The number of carbonyl (C=O) groups is 1. The third-order valence-electron chi connectivity index (χ3n) is 2.84. The molecule has 2 rings (SSSR count). The van der Waals surface area contributed by atoms with Crippen molar-refractivity contribution in [1.82, 2.24) is 0 Å². The summed E-state index contributed by atoms with van der Waals surface area (Å²) in [6.45, 7) is 3.54. The van der Waals surface area contributed by atoms with Gasteiger partial charge in [-0.15, -0.1) is 0 Å². The number of nitriles is 1. The highest BCUT2D eigenvalue weighted by molar-refractivity contribution is 9.10. The summed E-state index contributed by atoms with van der Waals surface area (Å²) >= 11 is 3.31. The number of hydrogen-bond donors (Lipinski definition) is 1. The van der Waals surface area contributed by atoms with E-state index < -0.39 is 0 Å². The van der Waals surface area contributed by atoms with Gasteiger partial charge in [0.25, 0.3) is 5.91 Å². The van der Waals surface area contributed by atoms with Gasteiger partial charge in [0, 0.05) is 10.0 Å². The van der Waals surface area contributed by atoms with Gasteiger partial charge in [-0.3, -0.25) is 10.1 Å². The van der Waals surface area contributed by atoms with Gasteiger partial charge in [0.1, 0.15) is 17.4 Å². The molecule has 96 valence electrons. The summed E-state index contributed by atoms with van der Waals surface area (Å²) in [5, 5.41) is 11.7. The Morgan fingerprint density at radius 2 is 2.05 bits per heavy atom. The van der Waals surface area contributed by atoms with Crippen molar-refractivity contribution >= 4 is 27.7 Å². The lowest BCUT2D eigenvalue weighted by Crippen LogP contribution is -2.12. The van der Waals surface area contributed by atoms with Crippen LogP contribution >= 0.6 is 15.9 Å². The number of benzene rings is 1. The second-order valence-corrected chi connectivity index (χ2v) is 4.89. The number of rotatable bonds is 2. The molecule has 0 aliphatic rings. The van der Waals surface area contributed by atoms with Crippen LogP contribution in [-0.2, 0) is 0 Å². The highest BCUT2D eigenvalue weighted by atomic mass is 79.9. The van der Waals surface area contributed by atoms with Gasteiger partial charge in [-0.05, 0) is 41.9 Å². The maximum absolute atomic E-state index is 12.1. The first-order chi connectivity index (χ1) is 9.04. The van der Waals surface area contributed by atoms with Gasteiger partial charge in [-0.1, -0.05) is 12.1 Å². The van der Waals surface area contributed by atoms with Crippen molar-refractivity contribution in [2.75, 3.05) is 5.32 Å². The highest BCUT2D eigenvalue weighted by Gasteiger charge is 2.18. The Hall–Kier alpha value is -2.06. The molecule has 1 N–H and O–H groups in total. The van der Waals surface area contributed by atoms with Crippen molar-refractivity contribution in [2.24, 2.45) is 0 Å². The minimum Gasteiger partial charge on any atom is -0.444 e. The molecule has 0 unspecified atom stereocenters. The lowest BCUT2D eigenvalue weighted by molar-refractivity contribution is 0.102. The van der Waals surface area contributed by atoms with Crippen LogP contribution in [0.4, 0.5) is 5.88 Å². The minimum atomic E-state index is -0.322. The summed E-state index contributed by atoms with van der Waals surface area (Å²) in [5.74, 6) is 0.495. The molecule has 0 saturated heterocycles. The van der Waals surface area contributed by atoms with Crippen LogP contribution in [0.3, 0.4) is 0 Å². The van der Waals surface area contributed by atoms with Crippen molar-refractivity contribution in [3.8, 4) is 6.07 Å². The zero-order valence-electron chi connectivity index (χ0n) is 10.5. The number of nitrogens with one attached hydrogen (secondary N) is 1. The van der Waals surface area contributed by atoms with E-state index >= 15 is 0 Å². The number of halogens is 1. The van der Waals surface area contributed by atoms with Crippen molar-refractivity contribution in [3.63, 3.8) is 0 Å². The Kier molecular flexibility index (Phi) is 3.72. The average molecular weight is 319 g/mol. The maximum Gasteiger partial charge on any atom is 0.259 e. The number of furan rings is 1. The predicted molar refractivity (Wildman–Crippen MR) is 75.0 cm³/mol. The molecule has 0 atom stereocenters. The number of anilines is 1. The number of carbonyl (C=O) groups excluding carboxylic acids is 1. The molecular formula is C14H11BrN2O2. The molecule has 19 heavy (non-hydrogen) atoms. The van der Waals surface area contributed by atoms with Crippen LogP contribution in [0.25, 0.3) is 0 Å². The van der Waals surface area contributed by atoms with E-state index in [1.165, 1.54) is 0 Å². The molecule has 0 spiro atoms. The molecule has 0 radical (unpaired) electrons. The third kappa shape index (κ3) is 2.54. The van der Waals surface area contributed by atoms with Gasteiger partial charge >= 0.3 is 0 Å². The molecule has 1 aromatic heterocycles. The number of aryl methyl sites for hydroxylation is 1. The van der Waals surface area contributed by atoms with Crippen molar-refractivity contribution in [2.45, 2.75) is 13.8 Å². The third-order valence-corrected chi connectivity index (χ3v) is 3.53. The number of hydrogen-bond acceptors (Lipinski definition) is 3. The maximum atomic E-state index is 12.1. The summed E-state index contributed by atoms with van der Waals surface area (Å²) < 4.78 is 6.08. The topological polar surface area (TPSA) is 66.0 Å². The first kappa shape index (κ1) is 13.4. The van der Waals surface area contributed by atoms with Crippen LogP contribution in [0.15, 0.2) is 33.2 Å². The molecule has 0 aliphatic carbocycles. The number of nitrogens with zero attached hydrogens (tertiary/aromatic N) is 1. The van der Waals surface area contributed by atoms with Crippen LogP contribution in [0.5, 0.6) is 0 Å². The van der Waals surface area contributed by atoms with E-state index in [0.717, 1.165) is 5.56 Å². The first-order valence-corrected chi connectivity index (χ1v) is 6.40. The Labute approximate surface area is 119 Å². The van der Waals surface area contributed by atoms with Gasteiger partial charge in [0.15, 0.2) is 0 Å². The van der Waals surface area contributed by atoms with Crippen molar-refractivity contribution in [3.05, 3.63) is 51.2 Å². The molecule has 5 heteroatoms. The van der Waals surface area contributed by atoms with Gasteiger partial charge in [0.2, 0.25) is 5.88 Å². The van der Waals surface area contributed by atoms with Crippen molar-refractivity contribution < 1.29 is 9.21 Å².